The number of ketones is 1. The number of fused-ring (bicyclic) bond motifs is 1. The van der Waals surface area contributed by atoms with Crippen LogP contribution in [0.2, 0.25) is 0 Å². The van der Waals surface area contributed by atoms with E-state index >= 15 is 0 Å². The third-order valence-electron chi connectivity index (χ3n) is 2.46. The number of Topliss-reactive ketones (excluding diaryl/α,β-unsaturated/α-hetero) is 1. The van der Waals surface area contributed by atoms with Crippen LogP contribution in [0.25, 0.3) is 10.8 Å². The van der Waals surface area contributed by atoms with Gasteiger partial charge in [0, 0.05) is 12.0 Å². The molecule has 0 spiro atoms. The molecule has 0 aliphatic carbocycles. The molecule has 0 aliphatic rings. The molecular weight excluding hydrogens is 186 g/mol. The monoisotopic (exact) mass is 199 g/mol. The Hall–Kier alpha value is -1.67. The van der Waals surface area contributed by atoms with Crippen LogP contribution in [0.15, 0.2) is 42.5 Å². The molecule has 0 bridgehead atoms. The summed E-state index contributed by atoms with van der Waals surface area (Å²) < 4.78 is 0. The number of carbonyl (C=O) groups is 1. The van der Waals surface area contributed by atoms with Crippen molar-refractivity contribution in [2.24, 2.45) is 5.73 Å². The number of nitrogens with two attached hydrogens (primary N) is 1. The maximum atomic E-state index is 11.8. The molecule has 2 rings (SSSR count). The Balaban J connectivity index is 2.56. The van der Waals surface area contributed by atoms with Crippen LogP contribution >= 0.6 is 0 Å². The normalized spacial score (nSPS) is 10.5. The standard InChI is InChI=1S/C13H13NO/c14-9-8-13(15)12-7-3-5-10-4-1-2-6-11(10)12/h1-7H,8-9,14H2. The first-order chi connectivity index (χ1) is 7.33. The summed E-state index contributed by atoms with van der Waals surface area (Å²) in [5, 5.41) is 2.11. The van der Waals surface area contributed by atoms with Crippen molar-refractivity contribution >= 4 is 16.6 Å². The number of rotatable bonds is 3. The van der Waals surface area contributed by atoms with Crippen LogP contribution in [-0.2, 0) is 0 Å². The molecule has 0 atom stereocenters. The minimum Gasteiger partial charge on any atom is -0.330 e. The van der Waals surface area contributed by atoms with E-state index in [2.05, 4.69) is 0 Å². The molecule has 0 aliphatic heterocycles. The van der Waals surface area contributed by atoms with E-state index < -0.39 is 0 Å². The Morgan fingerprint density at radius 3 is 2.60 bits per heavy atom. The first kappa shape index (κ1) is 9.87. The van der Waals surface area contributed by atoms with E-state index in [1.807, 2.05) is 42.5 Å². The molecule has 0 saturated heterocycles. The Kier molecular flexibility index (Phi) is 2.79. The van der Waals surface area contributed by atoms with Crippen molar-refractivity contribution in [3.8, 4) is 0 Å². The Morgan fingerprint density at radius 2 is 1.80 bits per heavy atom. The van der Waals surface area contributed by atoms with Crippen molar-refractivity contribution in [1.29, 1.82) is 0 Å². The smallest absolute Gasteiger partial charge is 0.164 e. The highest BCUT2D eigenvalue weighted by molar-refractivity contribution is 6.08. The number of benzene rings is 2. The van der Waals surface area contributed by atoms with Crippen LogP contribution < -0.4 is 5.73 Å². The zero-order valence-electron chi connectivity index (χ0n) is 8.44. The Bertz CT molecular complexity index is 485. The molecule has 2 nitrogen and oxygen atoms in total. The second kappa shape index (κ2) is 4.24. The summed E-state index contributed by atoms with van der Waals surface area (Å²) in [4.78, 5) is 11.8. The van der Waals surface area contributed by atoms with Gasteiger partial charge in [0.1, 0.15) is 0 Å². The van der Waals surface area contributed by atoms with E-state index in [9.17, 15) is 4.79 Å². The molecule has 0 heterocycles. The molecule has 0 saturated carbocycles. The third-order valence-corrected chi connectivity index (χ3v) is 2.46. The number of hydrogen-bond donors (Lipinski definition) is 1. The molecule has 0 radical (unpaired) electrons. The lowest BCUT2D eigenvalue weighted by Gasteiger charge is -2.04. The van der Waals surface area contributed by atoms with Crippen LogP contribution in [-0.4, -0.2) is 12.3 Å². The summed E-state index contributed by atoms with van der Waals surface area (Å²) in [6, 6.07) is 13.7. The molecule has 2 heteroatoms. The highest BCUT2D eigenvalue weighted by Crippen LogP contribution is 2.19. The zero-order chi connectivity index (χ0) is 10.7. The van der Waals surface area contributed by atoms with Crippen molar-refractivity contribution in [3.63, 3.8) is 0 Å². The predicted octanol–water partition coefficient (Wildman–Crippen LogP) is 2.37. The first-order valence-electron chi connectivity index (χ1n) is 5.04. The van der Waals surface area contributed by atoms with Gasteiger partial charge in [-0.15, -0.1) is 0 Å². The van der Waals surface area contributed by atoms with Crippen LogP contribution in [0.1, 0.15) is 16.8 Å². The lowest BCUT2D eigenvalue weighted by molar-refractivity contribution is 0.0987. The van der Waals surface area contributed by atoms with Crippen molar-refractivity contribution in [2.75, 3.05) is 6.54 Å². The van der Waals surface area contributed by atoms with Crippen LogP contribution in [0.3, 0.4) is 0 Å². The van der Waals surface area contributed by atoms with Gasteiger partial charge in [-0.05, 0) is 17.3 Å². The minimum absolute atomic E-state index is 0.120. The highest BCUT2D eigenvalue weighted by Gasteiger charge is 2.07. The molecule has 0 unspecified atom stereocenters. The quantitative estimate of drug-likeness (QED) is 0.771. The lowest BCUT2D eigenvalue weighted by atomic mass is 10.00. The maximum Gasteiger partial charge on any atom is 0.164 e. The van der Waals surface area contributed by atoms with E-state index in [0.717, 1.165) is 16.3 Å². The van der Waals surface area contributed by atoms with Crippen molar-refractivity contribution in [1.82, 2.24) is 0 Å². The second-order valence-corrected chi connectivity index (χ2v) is 3.49. The van der Waals surface area contributed by atoms with Gasteiger partial charge >= 0.3 is 0 Å². The summed E-state index contributed by atoms with van der Waals surface area (Å²) in [6.45, 7) is 0.405. The van der Waals surface area contributed by atoms with Gasteiger partial charge < -0.3 is 5.73 Å². The fourth-order valence-electron chi connectivity index (χ4n) is 1.73. The summed E-state index contributed by atoms with van der Waals surface area (Å²) in [5.74, 6) is 0.120. The predicted molar refractivity (Wildman–Crippen MR) is 61.9 cm³/mol. The van der Waals surface area contributed by atoms with Crippen LogP contribution in [0.4, 0.5) is 0 Å². The average molecular weight is 199 g/mol. The fourth-order valence-corrected chi connectivity index (χ4v) is 1.73. The van der Waals surface area contributed by atoms with E-state index in [1.165, 1.54) is 0 Å². The lowest BCUT2D eigenvalue weighted by Crippen LogP contribution is -2.08. The van der Waals surface area contributed by atoms with Gasteiger partial charge in [0.15, 0.2) is 5.78 Å². The Labute approximate surface area is 88.7 Å². The van der Waals surface area contributed by atoms with E-state index in [4.69, 9.17) is 5.73 Å². The maximum absolute atomic E-state index is 11.8. The fraction of sp³-hybridized carbons (Fsp3) is 0.154. The van der Waals surface area contributed by atoms with Crippen molar-refractivity contribution in [3.05, 3.63) is 48.0 Å². The second-order valence-electron chi connectivity index (χ2n) is 3.49. The van der Waals surface area contributed by atoms with Gasteiger partial charge in [0.2, 0.25) is 0 Å². The van der Waals surface area contributed by atoms with Gasteiger partial charge in [0.25, 0.3) is 0 Å². The van der Waals surface area contributed by atoms with E-state index in [-0.39, 0.29) is 5.78 Å². The molecule has 0 fully saturated rings. The molecule has 15 heavy (non-hydrogen) atoms. The Morgan fingerprint density at radius 1 is 1.07 bits per heavy atom. The molecule has 76 valence electrons. The SMILES string of the molecule is NCCC(=O)c1cccc2ccccc12. The molecule has 0 aromatic heterocycles. The van der Waals surface area contributed by atoms with Gasteiger partial charge in [-0.2, -0.15) is 0 Å². The highest BCUT2D eigenvalue weighted by atomic mass is 16.1. The molecule has 2 aromatic rings. The summed E-state index contributed by atoms with van der Waals surface area (Å²) >= 11 is 0. The first-order valence-corrected chi connectivity index (χ1v) is 5.04. The molecule has 2 aromatic carbocycles. The van der Waals surface area contributed by atoms with Crippen LogP contribution in [0, 0.1) is 0 Å². The van der Waals surface area contributed by atoms with E-state index in [1.54, 1.807) is 0 Å². The minimum atomic E-state index is 0.120. The summed E-state index contributed by atoms with van der Waals surface area (Å²) in [5.41, 5.74) is 6.17. The van der Waals surface area contributed by atoms with Gasteiger partial charge in [-0.1, -0.05) is 42.5 Å². The molecular formula is C13H13NO. The van der Waals surface area contributed by atoms with Gasteiger partial charge in [-0.25, -0.2) is 0 Å². The third kappa shape index (κ3) is 1.90. The van der Waals surface area contributed by atoms with E-state index in [0.29, 0.717) is 13.0 Å². The summed E-state index contributed by atoms with van der Waals surface area (Å²) in [6.07, 6.45) is 0.411. The van der Waals surface area contributed by atoms with Gasteiger partial charge in [0.05, 0.1) is 0 Å². The zero-order valence-corrected chi connectivity index (χ0v) is 8.44. The molecule has 0 amide bonds. The molecule has 2 N–H and O–H groups in total. The topological polar surface area (TPSA) is 43.1 Å². The van der Waals surface area contributed by atoms with Crippen molar-refractivity contribution in [2.45, 2.75) is 6.42 Å². The number of carbonyl (C=O) groups excluding carboxylic acids is 1. The average Bonchev–Trinajstić information content (AvgIpc) is 2.28. The summed E-state index contributed by atoms with van der Waals surface area (Å²) in [7, 11) is 0. The van der Waals surface area contributed by atoms with Crippen LogP contribution in [0.5, 0.6) is 0 Å². The van der Waals surface area contributed by atoms with Gasteiger partial charge in [-0.3, -0.25) is 4.79 Å². The largest absolute Gasteiger partial charge is 0.330 e. The number of hydrogen-bond acceptors (Lipinski definition) is 2. The van der Waals surface area contributed by atoms with Crippen molar-refractivity contribution < 1.29 is 4.79 Å².